The zero-order valence-electron chi connectivity index (χ0n) is 15.8. The number of halogens is 1. The zero-order chi connectivity index (χ0) is 20.3. The van der Waals surface area contributed by atoms with Crippen molar-refractivity contribution in [2.75, 3.05) is 6.54 Å². The van der Waals surface area contributed by atoms with Crippen molar-refractivity contribution in [3.63, 3.8) is 0 Å². The number of rotatable bonds is 6. The molecule has 0 unspecified atom stereocenters. The molecule has 0 atom stereocenters. The second-order valence-electron chi connectivity index (χ2n) is 7.52. The highest BCUT2D eigenvalue weighted by molar-refractivity contribution is 8.01. The number of amides is 1. The lowest BCUT2D eigenvalue weighted by molar-refractivity contribution is 0.123. The van der Waals surface area contributed by atoms with Crippen LogP contribution in [0.3, 0.4) is 0 Å². The average Bonchev–Trinajstić information content (AvgIpc) is 3.24. The molecule has 0 bridgehead atoms. The molecule has 0 saturated carbocycles. The van der Waals surface area contributed by atoms with Crippen molar-refractivity contribution in [1.29, 1.82) is 0 Å². The molecule has 0 aromatic carbocycles. The van der Waals surface area contributed by atoms with Crippen LogP contribution in [0.1, 0.15) is 25.6 Å². The standard InChI is InChI=1S/C20H21FN2O2S3/c1-20(2,3)12-23(19(24)25)10-14-9-16(15-5-4-7-22-17(15)21)18(28-14)27-13-6-8-26-11-13/h4-9,11H,10,12H2,1-3H3,(H,24,25). The Kier molecular flexibility index (Phi) is 6.42. The number of hydrogen-bond acceptors (Lipinski definition) is 5. The highest BCUT2D eigenvalue weighted by atomic mass is 32.2. The van der Waals surface area contributed by atoms with Gasteiger partial charge in [-0.2, -0.15) is 15.7 Å². The maximum absolute atomic E-state index is 14.3. The fourth-order valence-electron chi connectivity index (χ4n) is 2.72. The van der Waals surface area contributed by atoms with Crippen LogP contribution in [0.2, 0.25) is 0 Å². The van der Waals surface area contributed by atoms with Crippen LogP contribution in [-0.4, -0.2) is 27.6 Å². The molecule has 3 rings (SSSR count). The Labute approximate surface area is 176 Å². The molecule has 0 radical (unpaired) electrons. The van der Waals surface area contributed by atoms with Crippen molar-refractivity contribution in [2.24, 2.45) is 5.41 Å². The monoisotopic (exact) mass is 436 g/mol. The van der Waals surface area contributed by atoms with Crippen LogP contribution in [0, 0.1) is 11.4 Å². The van der Waals surface area contributed by atoms with Gasteiger partial charge in [0.15, 0.2) is 0 Å². The number of aromatic nitrogens is 1. The average molecular weight is 437 g/mol. The number of nitrogens with zero attached hydrogens (tertiary/aromatic N) is 2. The SMILES string of the molecule is CC(C)(C)CN(Cc1cc(-c2cccnc2F)c(Sc2ccsc2)s1)C(=O)O. The van der Waals surface area contributed by atoms with E-state index in [4.69, 9.17) is 0 Å². The first-order valence-electron chi connectivity index (χ1n) is 8.64. The van der Waals surface area contributed by atoms with Gasteiger partial charge >= 0.3 is 6.09 Å². The molecule has 0 aliphatic carbocycles. The van der Waals surface area contributed by atoms with Crippen molar-refractivity contribution in [3.8, 4) is 11.1 Å². The summed E-state index contributed by atoms with van der Waals surface area (Å²) >= 11 is 4.67. The van der Waals surface area contributed by atoms with Crippen molar-refractivity contribution in [1.82, 2.24) is 9.88 Å². The Morgan fingerprint density at radius 1 is 1.32 bits per heavy atom. The maximum atomic E-state index is 14.3. The quantitative estimate of drug-likeness (QED) is 0.438. The van der Waals surface area contributed by atoms with Crippen LogP contribution in [0.5, 0.6) is 0 Å². The van der Waals surface area contributed by atoms with E-state index in [2.05, 4.69) is 4.98 Å². The molecule has 0 fully saturated rings. The van der Waals surface area contributed by atoms with Gasteiger partial charge in [0.05, 0.1) is 10.8 Å². The fraction of sp³-hybridized carbons (Fsp3) is 0.300. The Morgan fingerprint density at radius 2 is 2.11 bits per heavy atom. The summed E-state index contributed by atoms with van der Waals surface area (Å²) < 4.78 is 15.3. The van der Waals surface area contributed by atoms with Crippen LogP contribution >= 0.6 is 34.4 Å². The Bertz CT molecular complexity index is 949. The second kappa shape index (κ2) is 8.63. The third-order valence-electron chi connectivity index (χ3n) is 3.79. The van der Waals surface area contributed by atoms with Gasteiger partial charge < -0.3 is 10.0 Å². The molecule has 148 valence electrons. The number of pyridine rings is 1. The first-order chi connectivity index (χ1) is 13.2. The molecule has 3 heterocycles. The number of carbonyl (C=O) groups is 1. The van der Waals surface area contributed by atoms with Gasteiger partial charge in [0.2, 0.25) is 5.95 Å². The molecule has 4 nitrogen and oxygen atoms in total. The first kappa shape index (κ1) is 20.8. The van der Waals surface area contributed by atoms with E-state index in [0.29, 0.717) is 12.1 Å². The third kappa shape index (κ3) is 5.33. The lowest BCUT2D eigenvalue weighted by atomic mass is 9.96. The van der Waals surface area contributed by atoms with E-state index in [9.17, 15) is 14.3 Å². The molecule has 0 saturated heterocycles. The second-order valence-corrected chi connectivity index (χ2v) is 10.8. The third-order valence-corrected chi connectivity index (χ3v) is 6.93. The molecular formula is C20H21FN2O2S3. The minimum atomic E-state index is -0.954. The van der Waals surface area contributed by atoms with E-state index in [0.717, 1.165) is 19.5 Å². The van der Waals surface area contributed by atoms with Gasteiger partial charge in [0.1, 0.15) is 0 Å². The smallest absolute Gasteiger partial charge is 0.407 e. The zero-order valence-corrected chi connectivity index (χ0v) is 18.3. The summed E-state index contributed by atoms with van der Waals surface area (Å²) in [5.74, 6) is -0.524. The van der Waals surface area contributed by atoms with Crippen molar-refractivity contribution < 1.29 is 14.3 Å². The predicted octanol–water partition coefficient (Wildman–Crippen LogP) is 6.69. The summed E-state index contributed by atoms with van der Waals surface area (Å²) in [4.78, 5) is 18.8. The Hall–Kier alpha value is -1.90. The molecule has 28 heavy (non-hydrogen) atoms. The maximum Gasteiger partial charge on any atom is 0.407 e. The van der Waals surface area contributed by atoms with E-state index in [-0.39, 0.29) is 12.0 Å². The molecule has 0 aliphatic rings. The predicted molar refractivity (Wildman–Crippen MR) is 114 cm³/mol. The molecule has 3 aromatic heterocycles. The van der Waals surface area contributed by atoms with E-state index in [1.807, 2.05) is 43.7 Å². The Morgan fingerprint density at radius 3 is 2.71 bits per heavy atom. The molecular weight excluding hydrogens is 415 g/mol. The van der Waals surface area contributed by atoms with Gasteiger partial charge in [-0.15, -0.1) is 11.3 Å². The summed E-state index contributed by atoms with van der Waals surface area (Å²) in [6.45, 7) is 6.71. The van der Waals surface area contributed by atoms with Crippen molar-refractivity contribution in [2.45, 2.75) is 36.4 Å². The highest BCUT2D eigenvalue weighted by Crippen LogP contribution is 2.43. The summed E-state index contributed by atoms with van der Waals surface area (Å²) in [5.41, 5.74) is 1.03. The van der Waals surface area contributed by atoms with Crippen LogP contribution in [-0.2, 0) is 6.54 Å². The minimum Gasteiger partial charge on any atom is -0.465 e. The van der Waals surface area contributed by atoms with E-state index in [1.165, 1.54) is 22.4 Å². The highest BCUT2D eigenvalue weighted by Gasteiger charge is 2.23. The fourth-order valence-corrected chi connectivity index (χ4v) is 6.00. The van der Waals surface area contributed by atoms with Gasteiger partial charge in [-0.05, 0) is 35.1 Å². The van der Waals surface area contributed by atoms with Gasteiger partial charge in [0, 0.05) is 39.0 Å². The van der Waals surface area contributed by atoms with Crippen molar-refractivity contribution in [3.05, 3.63) is 52.0 Å². The van der Waals surface area contributed by atoms with Gasteiger partial charge in [-0.3, -0.25) is 0 Å². The lowest BCUT2D eigenvalue weighted by Crippen LogP contribution is -2.36. The van der Waals surface area contributed by atoms with E-state index >= 15 is 0 Å². The molecule has 3 aromatic rings. The molecule has 0 spiro atoms. The van der Waals surface area contributed by atoms with Crippen molar-refractivity contribution >= 4 is 40.5 Å². The van der Waals surface area contributed by atoms with Crippen LogP contribution in [0.4, 0.5) is 9.18 Å². The lowest BCUT2D eigenvalue weighted by Gasteiger charge is -2.27. The van der Waals surface area contributed by atoms with Crippen LogP contribution in [0.15, 0.2) is 50.3 Å². The molecule has 1 amide bonds. The van der Waals surface area contributed by atoms with E-state index in [1.54, 1.807) is 35.2 Å². The van der Waals surface area contributed by atoms with Crippen LogP contribution in [0.25, 0.3) is 11.1 Å². The number of carboxylic acid groups (broad SMARTS) is 1. The Balaban J connectivity index is 1.96. The molecule has 8 heteroatoms. The number of hydrogen-bond donors (Lipinski definition) is 1. The van der Waals surface area contributed by atoms with Crippen LogP contribution < -0.4 is 0 Å². The normalized spacial score (nSPS) is 11.6. The van der Waals surface area contributed by atoms with E-state index < -0.39 is 12.0 Å². The minimum absolute atomic E-state index is 0.151. The largest absolute Gasteiger partial charge is 0.465 e. The summed E-state index contributed by atoms with van der Waals surface area (Å²) in [6, 6.07) is 7.31. The van der Waals surface area contributed by atoms with Gasteiger partial charge in [-0.25, -0.2) is 9.78 Å². The molecule has 0 aliphatic heterocycles. The topological polar surface area (TPSA) is 53.4 Å². The first-order valence-corrected chi connectivity index (χ1v) is 11.2. The molecule has 1 N–H and O–H groups in total. The number of thiophene rings is 2. The summed E-state index contributed by atoms with van der Waals surface area (Å²) in [5, 5.41) is 13.6. The van der Waals surface area contributed by atoms with Gasteiger partial charge in [-0.1, -0.05) is 32.5 Å². The summed E-state index contributed by atoms with van der Waals surface area (Å²) in [7, 11) is 0. The summed E-state index contributed by atoms with van der Waals surface area (Å²) in [6.07, 6.45) is 0.470. The van der Waals surface area contributed by atoms with Gasteiger partial charge in [0.25, 0.3) is 0 Å².